The zero-order chi connectivity index (χ0) is 13.6. The molecule has 0 atom stereocenters. The zero-order valence-corrected chi connectivity index (χ0v) is 11.8. The summed E-state index contributed by atoms with van der Waals surface area (Å²) in [6.07, 6.45) is 0. The van der Waals surface area contributed by atoms with Crippen molar-refractivity contribution in [2.75, 3.05) is 7.11 Å². The fourth-order valence-electron chi connectivity index (χ4n) is 2.77. The zero-order valence-electron chi connectivity index (χ0n) is 11.8. The van der Waals surface area contributed by atoms with Crippen LogP contribution in [0.1, 0.15) is 33.3 Å². The topological polar surface area (TPSA) is 21.3 Å². The Morgan fingerprint density at radius 3 is 2.33 bits per heavy atom. The second kappa shape index (κ2) is 4.23. The Morgan fingerprint density at radius 1 is 1.22 bits per heavy atom. The molecule has 0 amide bonds. The van der Waals surface area contributed by atoms with Crippen molar-refractivity contribution >= 4 is 0 Å². The molecule has 3 heteroatoms. The average molecular weight is 251 g/mol. The first-order valence-electron chi connectivity index (χ1n) is 6.37. The Balaban J connectivity index is 2.05. The van der Waals surface area contributed by atoms with Gasteiger partial charge in [0.2, 0.25) is 0 Å². The van der Waals surface area contributed by atoms with E-state index in [-0.39, 0.29) is 16.6 Å². The number of ether oxygens (including phenoxy) is 1. The Kier molecular flexibility index (Phi) is 3.14. The minimum absolute atomic E-state index is 0.260. The summed E-state index contributed by atoms with van der Waals surface area (Å²) in [6.45, 7) is 9.51. The fraction of sp³-hybridized carbons (Fsp3) is 0.600. The predicted molar refractivity (Wildman–Crippen MR) is 71.1 cm³/mol. The molecule has 0 radical (unpaired) electrons. The number of benzene rings is 1. The lowest BCUT2D eigenvalue weighted by Gasteiger charge is -2.09. The van der Waals surface area contributed by atoms with Crippen LogP contribution in [0, 0.1) is 16.6 Å². The van der Waals surface area contributed by atoms with Crippen LogP contribution < -0.4 is 10.1 Å². The van der Waals surface area contributed by atoms with Gasteiger partial charge < -0.3 is 10.1 Å². The highest BCUT2D eigenvalue weighted by atomic mass is 19.1. The van der Waals surface area contributed by atoms with Gasteiger partial charge in [-0.1, -0.05) is 39.8 Å². The number of rotatable bonds is 4. The molecule has 0 unspecified atom stereocenters. The smallest absolute Gasteiger partial charge is 0.169 e. The van der Waals surface area contributed by atoms with Crippen molar-refractivity contribution < 1.29 is 9.13 Å². The van der Waals surface area contributed by atoms with Crippen molar-refractivity contribution in [1.29, 1.82) is 0 Å². The van der Waals surface area contributed by atoms with Crippen LogP contribution in [0.5, 0.6) is 5.75 Å². The second-order valence-electron chi connectivity index (χ2n) is 6.19. The highest BCUT2D eigenvalue weighted by Gasteiger charge is 2.64. The van der Waals surface area contributed by atoms with Crippen molar-refractivity contribution in [3.05, 3.63) is 29.6 Å². The lowest BCUT2D eigenvalue weighted by atomic mass is 10.0. The molecular weight excluding hydrogens is 229 g/mol. The minimum Gasteiger partial charge on any atom is -0.494 e. The third kappa shape index (κ3) is 1.91. The molecule has 1 saturated carbocycles. The Hall–Kier alpha value is -1.09. The Bertz CT molecular complexity index is 440. The minimum atomic E-state index is -0.260. The van der Waals surface area contributed by atoms with Crippen LogP contribution in [0.2, 0.25) is 0 Å². The first kappa shape index (κ1) is 13.3. The largest absolute Gasteiger partial charge is 0.494 e. The fourth-order valence-corrected chi connectivity index (χ4v) is 2.77. The van der Waals surface area contributed by atoms with Crippen LogP contribution >= 0.6 is 0 Å². The molecule has 0 aromatic heterocycles. The second-order valence-corrected chi connectivity index (χ2v) is 6.19. The van der Waals surface area contributed by atoms with E-state index in [0.717, 1.165) is 0 Å². The number of hydrogen-bond acceptors (Lipinski definition) is 2. The highest BCUT2D eigenvalue weighted by Crippen LogP contribution is 2.62. The molecule has 0 heterocycles. The number of halogens is 1. The summed E-state index contributed by atoms with van der Waals surface area (Å²) in [5.74, 6) is 0.0485. The number of methoxy groups -OCH3 is 1. The van der Waals surface area contributed by atoms with Gasteiger partial charge in [-0.3, -0.25) is 0 Å². The van der Waals surface area contributed by atoms with Crippen LogP contribution in [0.3, 0.4) is 0 Å². The van der Waals surface area contributed by atoms with Crippen LogP contribution in [0.15, 0.2) is 18.2 Å². The van der Waals surface area contributed by atoms with E-state index >= 15 is 0 Å². The van der Waals surface area contributed by atoms with Crippen LogP contribution in [0.4, 0.5) is 4.39 Å². The van der Waals surface area contributed by atoms with E-state index in [0.29, 0.717) is 23.9 Å². The standard InChI is InChI=1S/C15H22FNO/c1-14(2)13(15(14,3)4)17-9-10-7-6-8-11(18-5)12(10)16/h6-8,13,17H,9H2,1-5H3. The molecule has 0 aliphatic heterocycles. The van der Waals surface area contributed by atoms with Gasteiger partial charge in [0.05, 0.1) is 7.11 Å². The lowest BCUT2D eigenvalue weighted by molar-refractivity contribution is 0.383. The molecule has 1 aromatic rings. The van der Waals surface area contributed by atoms with Crippen molar-refractivity contribution in [2.45, 2.75) is 40.3 Å². The van der Waals surface area contributed by atoms with Gasteiger partial charge >= 0.3 is 0 Å². The van der Waals surface area contributed by atoms with Gasteiger partial charge in [-0.05, 0) is 16.9 Å². The van der Waals surface area contributed by atoms with Gasteiger partial charge in [0.1, 0.15) is 0 Å². The van der Waals surface area contributed by atoms with Crippen LogP contribution in [-0.4, -0.2) is 13.2 Å². The van der Waals surface area contributed by atoms with Gasteiger partial charge in [-0.25, -0.2) is 4.39 Å². The monoisotopic (exact) mass is 251 g/mol. The molecular formula is C15H22FNO. The van der Waals surface area contributed by atoms with Crippen molar-refractivity contribution in [2.24, 2.45) is 10.8 Å². The molecule has 1 aliphatic rings. The Labute approximate surface area is 109 Å². The number of hydrogen-bond donors (Lipinski definition) is 1. The number of nitrogens with one attached hydrogen (secondary N) is 1. The summed E-state index contributed by atoms with van der Waals surface area (Å²) in [7, 11) is 1.49. The molecule has 100 valence electrons. The lowest BCUT2D eigenvalue weighted by Crippen LogP contribution is -2.22. The van der Waals surface area contributed by atoms with Gasteiger partial charge in [0.25, 0.3) is 0 Å². The summed E-state index contributed by atoms with van der Waals surface area (Å²) in [5, 5.41) is 3.45. The van der Waals surface area contributed by atoms with E-state index in [1.807, 2.05) is 6.07 Å². The maximum absolute atomic E-state index is 14.0. The SMILES string of the molecule is COc1cccc(CNC2C(C)(C)C2(C)C)c1F. The van der Waals surface area contributed by atoms with Gasteiger partial charge in [0, 0.05) is 18.2 Å². The third-order valence-electron chi connectivity index (χ3n) is 4.78. The highest BCUT2D eigenvalue weighted by molar-refractivity contribution is 5.31. The Morgan fingerprint density at radius 2 is 1.83 bits per heavy atom. The molecule has 0 bridgehead atoms. The third-order valence-corrected chi connectivity index (χ3v) is 4.78. The molecule has 1 aromatic carbocycles. The van der Waals surface area contributed by atoms with E-state index in [1.165, 1.54) is 7.11 Å². The van der Waals surface area contributed by atoms with Gasteiger partial charge in [-0.15, -0.1) is 0 Å². The molecule has 1 N–H and O–H groups in total. The van der Waals surface area contributed by atoms with Gasteiger partial charge in [0.15, 0.2) is 11.6 Å². The van der Waals surface area contributed by atoms with Crippen molar-refractivity contribution in [3.63, 3.8) is 0 Å². The quantitative estimate of drug-likeness (QED) is 0.886. The van der Waals surface area contributed by atoms with Crippen molar-refractivity contribution in [3.8, 4) is 5.75 Å². The normalized spacial score (nSPS) is 20.8. The van der Waals surface area contributed by atoms with E-state index in [1.54, 1.807) is 12.1 Å². The summed E-state index contributed by atoms with van der Waals surface area (Å²) < 4.78 is 19.0. The first-order chi connectivity index (χ1) is 8.32. The predicted octanol–water partition coefficient (Wildman–Crippen LogP) is 3.36. The summed E-state index contributed by atoms with van der Waals surface area (Å²) in [6, 6.07) is 5.69. The molecule has 2 nitrogen and oxygen atoms in total. The van der Waals surface area contributed by atoms with E-state index in [2.05, 4.69) is 33.0 Å². The first-order valence-corrected chi connectivity index (χ1v) is 6.37. The van der Waals surface area contributed by atoms with E-state index < -0.39 is 0 Å². The summed E-state index contributed by atoms with van der Waals surface area (Å²) in [4.78, 5) is 0. The molecule has 18 heavy (non-hydrogen) atoms. The summed E-state index contributed by atoms with van der Waals surface area (Å²) >= 11 is 0. The summed E-state index contributed by atoms with van der Waals surface area (Å²) in [5.41, 5.74) is 1.19. The van der Waals surface area contributed by atoms with E-state index in [9.17, 15) is 4.39 Å². The van der Waals surface area contributed by atoms with E-state index in [4.69, 9.17) is 4.74 Å². The van der Waals surface area contributed by atoms with Crippen molar-refractivity contribution in [1.82, 2.24) is 5.32 Å². The maximum atomic E-state index is 14.0. The van der Waals surface area contributed by atoms with Crippen LogP contribution in [-0.2, 0) is 6.54 Å². The molecule has 1 aliphatic carbocycles. The van der Waals surface area contributed by atoms with Gasteiger partial charge in [-0.2, -0.15) is 0 Å². The molecule has 2 rings (SSSR count). The molecule has 0 saturated heterocycles. The molecule has 0 spiro atoms. The average Bonchev–Trinajstić information content (AvgIpc) is 2.69. The van der Waals surface area contributed by atoms with Crippen LogP contribution in [0.25, 0.3) is 0 Å². The maximum Gasteiger partial charge on any atom is 0.169 e. The molecule has 1 fully saturated rings.